The molecule has 1 aliphatic carbocycles. The van der Waals surface area contributed by atoms with Crippen LogP contribution in [0, 0.1) is 0 Å². The molecule has 0 bridgehead atoms. The molecule has 0 amide bonds. The Kier molecular flexibility index (Phi) is 2.23. The van der Waals surface area contributed by atoms with Gasteiger partial charge in [0.15, 0.2) is 0 Å². The molecular formula is C12H15Br. The Morgan fingerprint density at radius 2 is 2.00 bits per heavy atom. The Morgan fingerprint density at radius 1 is 1.31 bits per heavy atom. The van der Waals surface area contributed by atoms with E-state index >= 15 is 0 Å². The minimum absolute atomic E-state index is 0.287. The van der Waals surface area contributed by atoms with Crippen LogP contribution in [0.15, 0.2) is 24.3 Å². The smallest absolute Gasteiger partial charge is 0.0240 e. The summed E-state index contributed by atoms with van der Waals surface area (Å²) in [6.45, 7) is 4.65. The van der Waals surface area contributed by atoms with E-state index < -0.39 is 0 Å². The second-order valence-electron chi connectivity index (χ2n) is 4.39. The van der Waals surface area contributed by atoms with Crippen molar-refractivity contribution in [2.75, 3.05) is 0 Å². The van der Waals surface area contributed by atoms with Crippen molar-refractivity contribution in [3.8, 4) is 0 Å². The van der Waals surface area contributed by atoms with Gasteiger partial charge in [-0.15, -0.1) is 0 Å². The lowest BCUT2D eigenvalue weighted by Crippen LogP contribution is -2.34. The maximum absolute atomic E-state index is 3.78. The molecular weight excluding hydrogens is 224 g/mol. The molecule has 0 aromatic heterocycles. The predicted octanol–water partition coefficient (Wildman–Crippen LogP) is 3.67. The zero-order chi connectivity index (χ0) is 9.47. The minimum Gasteiger partial charge on any atom is -0.0881 e. The monoisotopic (exact) mass is 238 g/mol. The average Bonchev–Trinajstić information content (AvgIpc) is 2.13. The summed E-state index contributed by atoms with van der Waals surface area (Å²) in [5.41, 5.74) is 3.33. The van der Waals surface area contributed by atoms with E-state index in [2.05, 4.69) is 54.0 Å². The molecule has 1 aromatic carbocycles. The highest BCUT2D eigenvalue weighted by Crippen LogP contribution is 2.40. The highest BCUT2D eigenvalue weighted by Gasteiger charge is 2.34. The number of fused-ring (bicyclic) bond motifs is 1. The normalized spacial score (nSPS) is 25.3. The number of hydrogen-bond donors (Lipinski definition) is 0. The Labute approximate surface area is 88.5 Å². The highest BCUT2D eigenvalue weighted by molar-refractivity contribution is 9.09. The van der Waals surface area contributed by atoms with Gasteiger partial charge < -0.3 is 0 Å². The zero-order valence-corrected chi connectivity index (χ0v) is 9.76. The van der Waals surface area contributed by atoms with Crippen LogP contribution in [-0.2, 0) is 11.8 Å². The molecule has 1 atom stereocenters. The summed E-state index contributed by atoms with van der Waals surface area (Å²) in [4.78, 5) is 0.620. The van der Waals surface area contributed by atoms with Crippen LogP contribution in [0.25, 0.3) is 0 Å². The van der Waals surface area contributed by atoms with Gasteiger partial charge in [0.25, 0.3) is 0 Å². The second-order valence-corrected chi connectivity index (χ2v) is 5.49. The largest absolute Gasteiger partial charge is 0.0881 e. The van der Waals surface area contributed by atoms with Gasteiger partial charge in [-0.25, -0.2) is 0 Å². The number of hydrogen-bond acceptors (Lipinski definition) is 0. The van der Waals surface area contributed by atoms with E-state index in [1.165, 1.54) is 24.0 Å². The van der Waals surface area contributed by atoms with E-state index in [1.54, 1.807) is 0 Å². The van der Waals surface area contributed by atoms with E-state index in [0.717, 1.165) is 0 Å². The fourth-order valence-corrected chi connectivity index (χ4v) is 2.65. The third-order valence-corrected chi connectivity index (χ3v) is 4.76. The maximum Gasteiger partial charge on any atom is 0.0240 e. The topological polar surface area (TPSA) is 0 Å². The Bertz CT molecular complexity index is 315. The van der Waals surface area contributed by atoms with Crippen molar-refractivity contribution in [2.45, 2.75) is 36.9 Å². The summed E-state index contributed by atoms with van der Waals surface area (Å²) < 4.78 is 0. The minimum atomic E-state index is 0.287. The maximum atomic E-state index is 3.78. The van der Waals surface area contributed by atoms with Gasteiger partial charge in [0.05, 0.1) is 0 Å². The van der Waals surface area contributed by atoms with Gasteiger partial charge in [0.2, 0.25) is 0 Å². The first-order valence-corrected chi connectivity index (χ1v) is 5.76. The third-order valence-electron chi connectivity index (χ3n) is 3.16. The number of rotatable bonds is 0. The Balaban J connectivity index is 2.52. The molecule has 1 aromatic rings. The van der Waals surface area contributed by atoms with Crippen LogP contribution < -0.4 is 0 Å². The van der Waals surface area contributed by atoms with E-state index in [4.69, 9.17) is 0 Å². The summed E-state index contributed by atoms with van der Waals surface area (Å²) >= 11 is 3.78. The number of aryl methyl sites for hydroxylation is 1. The standard InChI is InChI=1S/C12H15Br/c1-12(2)10-6-4-3-5-9(10)7-8-11(12)13/h3-6,11H,7-8H2,1-2H3. The molecule has 2 rings (SSSR count). The third kappa shape index (κ3) is 1.43. The molecule has 0 heterocycles. The van der Waals surface area contributed by atoms with Crippen LogP contribution in [0.5, 0.6) is 0 Å². The van der Waals surface area contributed by atoms with Gasteiger partial charge in [-0.05, 0) is 24.0 Å². The number of halogens is 1. The SMILES string of the molecule is CC1(C)c2ccccc2CCC1Br. The summed E-state index contributed by atoms with van der Waals surface area (Å²) in [7, 11) is 0. The Hall–Kier alpha value is -0.300. The van der Waals surface area contributed by atoms with Crippen LogP contribution in [-0.4, -0.2) is 4.83 Å². The van der Waals surface area contributed by atoms with Crippen molar-refractivity contribution in [1.29, 1.82) is 0 Å². The van der Waals surface area contributed by atoms with Crippen molar-refractivity contribution < 1.29 is 0 Å². The zero-order valence-electron chi connectivity index (χ0n) is 8.18. The van der Waals surface area contributed by atoms with Crippen LogP contribution in [0.2, 0.25) is 0 Å². The molecule has 0 radical (unpaired) electrons. The van der Waals surface area contributed by atoms with Crippen LogP contribution in [0.4, 0.5) is 0 Å². The van der Waals surface area contributed by atoms with E-state index in [1.807, 2.05) is 0 Å². The molecule has 1 heteroatoms. The quantitative estimate of drug-likeness (QED) is 0.606. The first kappa shape index (κ1) is 9.26. The summed E-state index contributed by atoms with van der Waals surface area (Å²) in [6.07, 6.45) is 2.47. The number of alkyl halides is 1. The van der Waals surface area contributed by atoms with E-state index in [9.17, 15) is 0 Å². The van der Waals surface area contributed by atoms with Crippen molar-refractivity contribution in [3.05, 3.63) is 35.4 Å². The molecule has 0 aliphatic heterocycles. The molecule has 70 valence electrons. The van der Waals surface area contributed by atoms with Crippen molar-refractivity contribution >= 4 is 15.9 Å². The first-order valence-electron chi connectivity index (χ1n) is 4.85. The molecule has 0 nitrogen and oxygen atoms in total. The van der Waals surface area contributed by atoms with Crippen molar-refractivity contribution in [1.82, 2.24) is 0 Å². The average molecular weight is 239 g/mol. The van der Waals surface area contributed by atoms with Gasteiger partial charge in [-0.1, -0.05) is 54.0 Å². The van der Waals surface area contributed by atoms with Crippen molar-refractivity contribution in [3.63, 3.8) is 0 Å². The van der Waals surface area contributed by atoms with Gasteiger partial charge in [0.1, 0.15) is 0 Å². The van der Waals surface area contributed by atoms with E-state index in [-0.39, 0.29) is 5.41 Å². The van der Waals surface area contributed by atoms with Crippen LogP contribution in [0.3, 0.4) is 0 Å². The fraction of sp³-hybridized carbons (Fsp3) is 0.500. The van der Waals surface area contributed by atoms with Crippen LogP contribution in [0.1, 0.15) is 31.4 Å². The molecule has 0 saturated heterocycles. The predicted molar refractivity (Wildman–Crippen MR) is 60.5 cm³/mol. The molecule has 0 fully saturated rings. The lowest BCUT2D eigenvalue weighted by molar-refractivity contribution is 0.453. The molecule has 1 unspecified atom stereocenters. The summed E-state index contributed by atoms with van der Waals surface area (Å²) in [5, 5.41) is 0. The highest BCUT2D eigenvalue weighted by atomic mass is 79.9. The van der Waals surface area contributed by atoms with Gasteiger partial charge in [0, 0.05) is 10.2 Å². The molecule has 0 N–H and O–H groups in total. The van der Waals surface area contributed by atoms with Gasteiger partial charge in [-0.3, -0.25) is 0 Å². The van der Waals surface area contributed by atoms with E-state index in [0.29, 0.717) is 4.83 Å². The molecule has 0 saturated carbocycles. The van der Waals surface area contributed by atoms with Crippen LogP contribution >= 0.6 is 15.9 Å². The lowest BCUT2D eigenvalue weighted by atomic mass is 9.73. The summed E-state index contributed by atoms with van der Waals surface area (Å²) in [5.74, 6) is 0. The lowest BCUT2D eigenvalue weighted by Gasteiger charge is -2.37. The molecule has 0 spiro atoms. The molecule has 1 aliphatic rings. The first-order chi connectivity index (χ1) is 6.12. The second kappa shape index (κ2) is 3.13. The summed E-state index contributed by atoms with van der Waals surface area (Å²) in [6, 6.07) is 8.81. The van der Waals surface area contributed by atoms with Gasteiger partial charge >= 0.3 is 0 Å². The number of benzene rings is 1. The van der Waals surface area contributed by atoms with Crippen molar-refractivity contribution in [2.24, 2.45) is 0 Å². The molecule has 13 heavy (non-hydrogen) atoms. The fourth-order valence-electron chi connectivity index (χ4n) is 2.18. The Morgan fingerprint density at radius 3 is 2.77 bits per heavy atom. The van der Waals surface area contributed by atoms with Gasteiger partial charge in [-0.2, -0.15) is 0 Å².